The quantitative estimate of drug-likeness (QED) is 0.540. The molecule has 1 aromatic carbocycles. The number of nitrogens with two attached hydrogens (primary N) is 1. The molecule has 1 amide bonds. The lowest BCUT2D eigenvalue weighted by Crippen LogP contribution is -2.43. The molecule has 2 aromatic heterocycles. The number of hydrogen-bond acceptors (Lipinski definition) is 7. The Labute approximate surface area is 180 Å². The number of amides is 1. The second-order valence-corrected chi connectivity index (χ2v) is 9.59. The summed E-state index contributed by atoms with van der Waals surface area (Å²) in [5.74, 6) is 0.190. The number of aromatic nitrogens is 4. The van der Waals surface area contributed by atoms with E-state index in [1.165, 1.54) is 13.3 Å². The maximum Gasteiger partial charge on any atom is 0.240 e. The summed E-state index contributed by atoms with van der Waals surface area (Å²) in [6.45, 7) is 3.39. The minimum Gasteiger partial charge on any atom is -0.381 e. The van der Waals surface area contributed by atoms with Crippen molar-refractivity contribution in [2.45, 2.75) is 56.5 Å². The molecule has 11 heteroatoms. The maximum absolute atomic E-state index is 13.1. The number of carbonyl (C=O) groups is 1. The third-order valence-electron chi connectivity index (χ3n) is 5.58. The molecule has 4 rings (SSSR count). The maximum atomic E-state index is 13.1. The van der Waals surface area contributed by atoms with Crippen LogP contribution in [0.5, 0.6) is 0 Å². The van der Waals surface area contributed by atoms with Gasteiger partial charge in [0.15, 0.2) is 11.5 Å². The molecule has 1 aliphatic rings. The number of carbonyl (C=O) groups excluding carboxylic acids is 1. The summed E-state index contributed by atoms with van der Waals surface area (Å²) in [5.41, 5.74) is 8.49. The van der Waals surface area contributed by atoms with Crippen molar-refractivity contribution in [3.8, 4) is 11.3 Å². The highest BCUT2D eigenvalue weighted by Gasteiger charge is 2.26. The molecule has 164 valence electrons. The molecule has 3 aromatic rings. The fourth-order valence-corrected chi connectivity index (χ4v) is 5.32. The van der Waals surface area contributed by atoms with Gasteiger partial charge < -0.3 is 11.1 Å². The number of aryl methyl sites for hydroxylation is 1. The van der Waals surface area contributed by atoms with E-state index in [0.29, 0.717) is 29.7 Å². The van der Waals surface area contributed by atoms with Crippen LogP contribution in [0, 0.1) is 6.92 Å². The van der Waals surface area contributed by atoms with Crippen molar-refractivity contribution in [1.29, 1.82) is 0 Å². The van der Waals surface area contributed by atoms with Crippen molar-refractivity contribution in [2.24, 2.45) is 0 Å². The molecular formula is C20H25N7O3S. The van der Waals surface area contributed by atoms with E-state index in [1.54, 1.807) is 28.9 Å². The van der Waals surface area contributed by atoms with E-state index in [2.05, 4.69) is 25.1 Å². The van der Waals surface area contributed by atoms with E-state index in [1.807, 2.05) is 6.92 Å². The lowest BCUT2D eigenvalue weighted by atomic mass is 9.92. The first-order chi connectivity index (χ1) is 14.7. The summed E-state index contributed by atoms with van der Waals surface area (Å²) in [5, 5.41) is 7.10. The standard InChI is InChI=1S/C20H25N7O3S/c1-12-3-8-16(9-17(12)18-10-22-20-19(21)23-11-24-27(18)20)31(29,30)26-15-6-4-14(5-7-15)25-13(2)28/h3,8-11,14-15,26H,4-7H2,1-2H3,(H,25,28)(H2,21,23,24)/t14-,15-. The number of fused-ring (bicyclic) bond motifs is 1. The lowest BCUT2D eigenvalue weighted by Gasteiger charge is -2.29. The van der Waals surface area contributed by atoms with Crippen LogP contribution in [0.4, 0.5) is 5.82 Å². The summed E-state index contributed by atoms with van der Waals surface area (Å²) in [7, 11) is -3.72. The highest BCUT2D eigenvalue weighted by molar-refractivity contribution is 7.89. The number of benzene rings is 1. The van der Waals surface area contributed by atoms with Gasteiger partial charge in [0.05, 0.1) is 16.8 Å². The molecule has 1 saturated carbocycles. The molecule has 4 N–H and O–H groups in total. The normalized spacial score (nSPS) is 19.4. The van der Waals surface area contributed by atoms with Crippen LogP contribution in [0.15, 0.2) is 35.6 Å². The van der Waals surface area contributed by atoms with Gasteiger partial charge in [0.2, 0.25) is 15.9 Å². The number of nitrogens with one attached hydrogen (secondary N) is 2. The Kier molecular flexibility index (Phi) is 5.63. The van der Waals surface area contributed by atoms with E-state index < -0.39 is 10.0 Å². The van der Waals surface area contributed by atoms with Gasteiger partial charge in [-0.3, -0.25) is 4.79 Å². The van der Waals surface area contributed by atoms with Crippen LogP contribution >= 0.6 is 0 Å². The molecule has 1 fully saturated rings. The Morgan fingerprint density at radius 3 is 2.58 bits per heavy atom. The predicted octanol–water partition coefficient (Wildman–Crippen LogP) is 1.41. The van der Waals surface area contributed by atoms with E-state index in [9.17, 15) is 13.2 Å². The summed E-state index contributed by atoms with van der Waals surface area (Å²) in [4.78, 5) is 19.6. The predicted molar refractivity (Wildman–Crippen MR) is 116 cm³/mol. The zero-order valence-electron chi connectivity index (χ0n) is 17.4. The van der Waals surface area contributed by atoms with Crippen molar-refractivity contribution in [3.63, 3.8) is 0 Å². The number of imidazole rings is 1. The zero-order valence-corrected chi connectivity index (χ0v) is 18.2. The van der Waals surface area contributed by atoms with Gasteiger partial charge in [0.25, 0.3) is 0 Å². The third kappa shape index (κ3) is 4.37. The van der Waals surface area contributed by atoms with Crippen molar-refractivity contribution < 1.29 is 13.2 Å². The van der Waals surface area contributed by atoms with Gasteiger partial charge in [0, 0.05) is 24.6 Å². The minimum absolute atomic E-state index is 0.0596. The SMILES string of the molecule is CC(=O)N[C@H]1CC[C@H](NS(=O)(=O)c2ccc(C)c(-c3cnc4c(N)ncnn34)c2)CC1. The molecule has 0 bridgehead atoms. The average Bonchev–Trinajstić information content (AvgIpc) is 3.14. The highest BCUT2D eigenvalue weighted by atomic mass is 32.2. The Morgan fingerprint density at radius 1 is 1.16 bits per heavy atom. The van der Waals surface area contributed by atoms with E-state index >= 15 is 0 Å². The first-order valence-electron chi connectivity index (χ1n) is 10.1. The summed E-state index contributed by atoms with van der Waals surface area (Å²) < 4.78 is 30.5. The monoisotopic (exact) mass is 443 g/mol. The van der Waals surface area contributed by atoms with Gasteiger partial charge in [-0.2, -0.15) is 5.10 Å². The van der Waals surface area contributed by atoms with Crippen LogP contribution in [-0.4, -0.2) is 46.0 Å². The molecule has 0 aliphatic heterocycles. The van der Waals surface area contributed by atoms with Gasteiger partial charge in [-0.1, -0.05) is 6.07 Å². The van der Waals surface area contributed by atoms with Gasteiger partial charge in [-0.15, -0.1) is 0 Å². The third-order valence-corrected chi connectivity index (χ3v) is 7.10. The van der Waals surface area contributed by atoms with Crippen molar-refractivity contribution in [3.05, 3.63) is 36.3 Å². The van der Waals surface area contributed by atoms with Gasteiger partial charge in [0.1, 0.15) is 6.33 Å². The Morgan fingerprint density at radius 2 is 1.87 bits per heavy atom. The summed E-state index contributed by atoms with van der Waals surface area (Å²) >= 11 is 0. The Hall–Kier alpha value is -3.05. The van der Waals surface area contributed by atoms with E-state index in [-0.39, 0.29) is 28.7 Å². The minimum atomic E-state index is -3.72. The Bertz CT molecular complexity index is 1230. The van der Waals surface area contributed by atoms with Crippen molar-refractivity contribution in [1.82, 2.24) is 29.6 Å². The van der Waals surface area contributed by atoms with Gasteiger partial charge in [-0.05, 0) is 50.3 Å². The second-order valence-electron chi connectivity index (χ2n) is 7.87. The zero-order chi connectivity index (χ0) is 22.2. The van der Waals surface area contributed by atoms with E-state index in [0.717, 1.165) is 18.4 Å². The molecule has 0 atom stereocenters. The lowest BCUT2D eigenvalue weighted by molar-refractivity contribution is -0.119. The van der Waals surface area contributed by atoms with Crippen LogP contribution in [0.25, 0.3) is 16.9 Å². The summed E-state index contributed by atoms with van der Waals surface area (Å²) in [6, 6.07) is 4.93. The van der Waals surface area contributed by atoms with Crippen LogP contribution in [0.2, 0.25) is 0 Å². The fourth-order valence-electron chi connectivity index (χ4n) is 3.99. The smallest absolute Gasteiger partial charge is 0.240 e. The number of rotatable bonds is 5. The second kappa shape index (κ2) is 8.23. The molecule has 0 unspecified atom stereocenters. The first kappa shape index (κ1) is 21.2. The number of anilines is 1. The highest BCUT2D eigenvalue weighted by Crippen LogP contribution is 2.28. The van der Waals surface area contributed by atoms with E-state index in [4.69, 9.17) is 5.73 Å². The van der Waals surface area contributed by atoms with Crippen LogP contribution in [-0.2, 0) is 14.8 Å². The molecule has 0 radical (unpaired) electrons. The van der Waals surface area contributed by atoms with Crippen LogP contribution < -0.4 is 15.8 Å². The fraction of sp³-hybridized carbons (Fsp3) is 0.400. The first-order valence-corrected chi connectivity index (χ1v) is 11.6. The van der Waals surface area contributed by atoms with Gasteiger partial charge in [-0.25, -0.2) is 27.6 Å². The molecule has 31 heavy (non-hydrogen) atoms. The van der Waals surface area contributed by atoms with Crippen molar-refractivity contribution in [2.75, 3.05) is 5.73 Å². The van der Waals surface area contributed by atoms with Crippen LogP contribution in [0.3, 0.4) is 0 Å². The number of nitrogens with zero attached hydrogens (tertiary/aromatic N) is 4. The molecular weight excluding hydrogens is 418 g/mol. The average molecular weight is 444 g/mol. The molecule has 0 spiro atoms. The molecule has 1 aliphatic carbocycles. The molecule has 0 saturated heterocycles. The Balaban J connectivity index is 1.57. The largest absolute Gasteiger partial charge is 0.381 e. The summed E-state index contributed by atoms with van der Waals surface area (Å²) in [6.07, 6.45) is 5.78. The van der Waals surface area contributed by atoms with Gasteiger partial charge >= 0.3 is 0 Å². The molecule has 2 heterocycles. The van der Waals surface area contributed by atoms with Crippen molar-refractivity contribution >= 4 is 27.4 Å². The van der Waals surface area contributed by atoms with Crippen LogP contribution in [0.1, 0.15) is 38.2 Å². The number of sulfonamides is 1. The number of hydrogen-bond donors (Lipinski definition) is 3. The topological polar surface area (TPSA) is 144 Å². The number of nitrogen functional groups attached to an aromatic ring is 1. The molecule has 10 nitrogen and oxygen atoms in total.